The Morgan fingerprint density at radius 2 is 1.83 bits per heavy atom. The molecule has 0 radical (unpaired) electrons. The van der Waals surface area contributed by atoms with Crippen LogP contribution in [0.1, 0.15) is 45.6 Å². The maximum Gasteiger partial charge on any atom is 0.341 e. The number of benzene rings is 1. The summed E-state index contributed by atoms with van der Waals surface area (Å²) < 4.78 is 27.5. The molecule has 0 aliphatic carbocycles. The number of carbonyl (C=O) groups is 1. The predicted octanol–water partition coefficient (Wildman–Crippen LogP) is 4.00. The normalized spacial score (nSPS) is 11.2. The molecular formula is C26H29FN6O3. The van der Waals surface area contributed by atoms with Crippen molar-refractivity contribution in [2.75, 3.05) is 20.3 Å². The zero-order chi connectivity index (χ0) is 25.8. The first-order valence-electron chi connectivity index (χ1n) is 11.7. The van der Waals surface area contributed by atoms with Crippen LogP contribution in [-0.4, -0.2) is 55.8 Å². The van der Waals surface area contributed by atoms with Gasteiger partial charge < -0.3 is 9.47 Å². The maximum absolute atomic E-state index is 13.5. The summed E-state index contributed by atoms with van der Waals surface area (Å²) in [6.07, 6.45) is 1.97. The molecular weight excluding hydrogens is 463 g/mol. The molecule has 3 heterocycles. The van der Waals surface area contributed by atoms with Crippen molar-refractivity contribution < 1.29 is 18.7 Å². The van der Waals surface area contributed by atoms with Crippen molar-refractivity contribution in [3.8, 4) is 17.1 Å². The SMILES string of the molecule is CCOC(=O)c1c(C)nn(-c2cc(Cc3c(C)c(-c4ccc(F)cc4)nn3CCOC)ncn2)c1C. The summed E-state index contributed by atoms with van der Waals surface area (Å²) in [5.41, 5.74) is 5.99. The number of esters is 1. The second-order valence-corrected chi connectivity index (χ2v) is 8.37. The van der Waals surface area contributed by atoms with Crippen LogP contribution in [0, 0.1) is 26.6 Å². The highest BCUT2D eigenvalue weighted by Gasteiger charge is 2.22. The summed E-state index contributed by atoms with van der Waals surface area (Å²) in [4.78, 5) is 21.2. The van der Waals surface area contributed by atoms with Gasteiger partial charge in [0.05, 0.1) is 42.5 Å². The van der Waals surface area contributed by atoms with Crippen LogP contribution in [0.2, 0.25) is 0 Å². The Morgan fingerprint density at radius 1 is 1.08 bits per heavy atom. The Hall–Kier alpha value is -3.92. The number of methoxy groups -OCH3 is 1. The molecule has 0 unspecified atom stereocenters. The maximum atomic E-state index is 13.5. The Kier molecular flexibility index (Phi) is 7.54. The van der Waals surface area contributed by atoms with Gasteiger partial charge in [-0.2, -0.15) is 10.2 Å². The van der Waals surface area contributed by atoms with E-state index >= 15 is 0 Å². The monoisotopic (exact) mass is 492 g/mol. The van der Waals surface area contributed by atoms with Crippen molar-refractivity contribution in [2.24, 2.45) is 0 Å². The molecule has 10 heteroatoms. The van der Waals surface area contributed by atoms with Crippen molar-refractivity contribution >= 4 is 5.97 Å². The van der Waals surface area contributed by atoms with E-state index in [1.165, 1.54) is 18.5 Å². The van der Waals surface area contributed by atoms with E-state index in [-0.39, 0.29) is 12.4 Å². The lowest BCUT2D eigenvalue weighted by molar-refractivity contribution is 0.0524. The van der Waals surface area contributed by atoms with Crippen molar-refractivity contribution in [3.63, 3.8) is 0 Å². The standard InChI is InChI=1S/C26H29FN6O3/c1-6-36-26(34)24-17(3)30-33(18(24)4)23-14-21(28-15-29-23)13-22-16(2)25(31-32(22)11-12-35-5)19-7-9-20(27)10-8-19/h7-10,14-15H,6,11-13H2,1-5H3. The second-order valence-electron chi connectivity index (χ2n) is 8.37. The fourth-order valence-corrected chi connectivity index (χ4v) is 4.19. The number of carbonyl (C=O) groups excluding carboxylic acids is 1. The third kappa shape index (κ3) is 5.03. The van der Waals surface area contributed by atoms with Gasteiger partial charge in [0.25, 0.3) is 0 Å². The highest BCUT2D eigenvalue weighted by molar-refractivity contribution is 5.92. The van der Waals surface area contributed by atoms with Crippen LogP contribution >= 0.6 is 0 Å². The Labute approximate surface area is 208 Å². The van der Waals surface area contributed by atoms with Gasteiger partial charge in [0.2, 0.25) is 0 Å². The summed E-state index contributed by atoms with van der Waals surface area (Å²) in [5, 5.41) is 9.31. The molecule has 0 aliphatic rings. The molecule has 0 atom stereocenters. The minimum Gasteiger partial charge on any atom is -0.462 e. The average molecular weight is 493 g/mol. The van der Waals surface area contributed by atoms with Crippen molar-refractivity contribution in [3.05, 3.63) is 76.4 Å². The number of aromatic nitrogens is 6. The molecule has 0 saturated heterocycles. The smallest absolute Gasteiger partial charge is 0.341 e. The van der Waals surface area contributed by atoms with Crippen molar-refractivity contribution in [2.45, 2.75) is 40.7 Å². The van der Waals surface area contributed by atoms with Crippen molar-refractivity contribution in [1.82, 2.24) is 29.5 Å². The van der Waals surface area contributed by atoms with Gasteiger partial charge >= 0.3 is 5.97 Å². The highest BCUT2D eigenvalue weighted by Crippen LogP contribution is 2.27. The third-order valence-electron chi connectivity index (χ3n) is 5.99. The first-order chi connectivity index (χ1) is 17.3. The van der Waals surface area contributed by atoms with E-state index in [9.17, 15) is 9.18 Å². The lowest BCUT2D eigenvalue weighted by atomic mass is 10.0. The number of hydrogen-bond acceptors (Lipinski definition) is 7. The minimum atomic E-state index is -0.404. The molecule has 0 saturated carbocycles. The lowest BCUT2D eigenvalue weighted by Gasteiger charge is -2.09. The number of nitrogens with zero attached hydrogens (tertiary/aromatic N) is 6. The van der Waals surface area contributed by atoms with Gasteiger partial charge in [-0.25, -0.2) is 23.8 Å². The van der Waals surface area contributed by atoms with Crippen LogP contribution in [0.4, 0.5) is 4.39 Å². The summed E-state index contributed by atoms with van der Waals surface area (Å²) in [6.45, 7) is 8.69. The molecule has 36 heavy (non-hydrogen) atoms. The van der Waals surface area contributed by atoms with Gasteiger partial charge in [0.1, 0.15) is 17.7 Å². The van der Waals surface area contributed by atoms with Gasteiger partial charge in [-0.05, 0) is 57.5 Å². The van der Waals surface area contributed by atoms with Crippen molar-refractivity contribution in [1.29, 1.82) is 0 Å². The first-order valence-corrected chi connectivity index (χ1v) is 11.7. The molecule has 1 aromatic carbocycles. The average Bonchev–Trinajstić information content (AvgIpc) is 3.34. The van der Waals surface area contributed by atoms with Gasteiger partial charge in [-0.1, -0.05) is 0 Å². The van der Waals surface area contributed by atoms with Crippen LogP contribution < -0.4 is 0 Å². The van der Waals surface area contributed by atoms with Gasteiger partial charge in [0, 0.05) is 30.9 Å². The lowest BCUT2D eigenvalue weighted by Crippen LogP contribution is -2.12. The molecule has 0 aliphatic heterocycles. The first kappa shape index (κ1) is 25.2. The van der Waals surface area contributed by atoms with Crippen LogP contribution in [-0.2, 0) is 22.4 Å². The fourth-order valence-electron chi connectivity index (χ4n) is 4.19. The molecule has 0 fully saturated rings. The van der Waals surface area contributed by atoms with E-state index in [0.717, 1.165) is 28.2 Å². The van der Waals surface area contributed by atoms with E-state index in [0.29, 0.717) is 42.3 Å². The number of halogens is 1. The quantitative estimate of drug-likeness (QED) is 0.326. The van der Waals surface area contributed by atoms with Crippen LogP contribution in [0.25, 0.3) is 17.1 Å². The number of aryl methyl sites for hydroxylation is 1. The second kappa shape index (κ2) is 10.8. The molecule has 0 N–H and O–H groups in total. The van der Waals surface area contributed by atoms with Crippen LogP contribution in [0.3, 0.4) is 0 Å². The van der Waals surface area contributed by atoms with Crippen LogP contribution in [0.15, 0.2) is 36.7 Å². The summed E-state index contributed by atoms with van der Waals surface area (Å²) in [6, 6.07) is 8.15. The van der Waals surface area contributed by atoms with E-state index in [4.69, 9.17) is 14.6 Å². The topological polar surface area (TPSA) is 97.0 Å². The number of hydrogen-bond donors (Lipinski definition) is 0. The summed E-state index contributed by atoms with van der Waals surface area (Å²) in [7, 11) is 1.65. The van der Waals surface area contributed by atoms with Gasteiger partial charge in [0.15, 0.2) is 5.82 Å². The molecule has 4 aromatic rings. The van der Waals surface area contributed by atoms with Gasteiger partial charge in [-0.15, -0.1) is 0 Å². The summed E-state index contributed by atoms with van der Waals surface area (Å²) >= 11 is 0. The Morgan fingerprint density at radius 3 is 2.53 bits per heavy atom. The molecule has 0 bridgehead atoms. The molecule has 3 aromatic heterocycles. The third-order valence-corrected chi connectivity index (χ3v) is 5.99. The van der Waals surface area contributed by atoms with Crippen LogP contribution in [0.5, 0.6) is 0 Å². The zero-order valence-corrected chi connectivity index (χ0v) is 21.1. The number of ether oxygens (including phenoxy) is 2. The minimum absolute atomic E-state index is 0.288. The molecule has 0 spiro atoms. The zero-order valence-electron chi connectivity index (χ0n) is 21.1. The van der Waals surface area contributed by atoms with E-state index < -0.39 is 5.97 Å². The van der Waals surface area contributed by atoms with Gasteiger partial charge in [-0.3, -0.25) is 4.68 Å². The fraction of sp³-hybridized carbons (Fsp3) is 0.346. The van der Waals surface area contributed by atoms with E-state index in [1.807, 2.05) is 24.6 Å². The number of rotatable bonds is 9. The highest BCUT2D eigenvalue weighted by atomic mass is 19.1. The predicted molar refractivity (Wildman–Crippen MR) is 132 cm³/mol. The molecule has 188 valence electrons. The Bertz CT molecular complexity index is 1380. The Balaban J connectivity index is 1.70. The molecule has 0 amide bonds. The molecule has 9 nitrogen and oxygen atoms in total. The summed E-state index contributed by atoms with van der Waals surface area (Å²) in [5.74, 6) is -0.145. The molecule has 4 rings (SSSR count). The van der Waals surface area contributed by atoms with E-state index in [2.05, 4.69) is 15.1 Å². The van der Waals surface area contributed by atoms with E-state index in [1.54, 1.807) is 37.8 Å². The largest absolute Gasteiger partial charge is 0.462 e.